The maximum absolute atomic E-state index is 12.4. The Morgan fingerprint density at radius 3 is 2.52 bits per heavy atom. The zero-order valence-corrected chi connectivity index (χ0v) is 18.4. The minimum atomic E-state index is -0.231. The molecule has 0 atom stereocenters. The van der Waals surface area contributed by atoms with Crippen molar-refractivity contribution in [3.05, 3.63) is 93.8 Å². The number of methoxy groups -OCH3 is 1. The Kier molecular flexibility index (Phi) is 6.89. The van der Waals surface area contributed by atoms with E-state index in [9.17, 15) is 4.79 Å². The molecule has 0 aliphatic heterocycles. The molecule has 3 aromatic heterocycles. The number of aromatic nitrogens is 5. The van der Waals surface area contributed by atoms with Crippen molar-refractivity contribution in [3.8, 4) is 23.7 Å². The number of benzene rings is 1. The summed E-state index contributed by atoms with van der Waals surface area (Å²) >= 11 is 0. The summed E-state index contributed by atoms with van der Waals surface area (Å²) in [6.07, 6.45) is 5.95. The molecular weight excluding hydrogens is 422 g/mol. The van der Waals surface area contributed by atoms with Gasteiger partial charge in [-0.1, -0.05) is 18.2 Å². The van der Waals surface area contributed by atoms with Crippen molar-refractivity contribution in [2.24, 2.45) is 0 Å². The van der Waals surface area contributed by atoms with Gasteiger partial charge in [-0.2, -0.15) is 4.98 Å². The van der Waals surface area contributed by atoms with Crippen LogP contribution in [0.1, 0.15) is 22.4 Å². The molecule has 1 aromatic carbocycles. The highest BCUT2D eigenvalue weighted by Crippen LogP contribution is 2.20. The predicted octanol–water partition coefficient (Wildman–Crippen LogP) is 2.70. The minimum Gasteiger partial charge on any atom is -0.467 e. The van der Waals surface area contributed by atoms with Crippen molar-refractivity contribution in [2.75, 3.05) is 13.7 Å². The van der Waals surface area contributed by atoms with Gasteiger partial charge in [-0.3, -0.25) is 0 Å². The van der Waals surface area contributed by atoms with Gasteiger partial charge in [0, 0.05) is 37.0 Å². The van der Waals surface area contributed by atoms with Crippen LogP contribution in [-0.2, 0) is 12.8 Å². The van der Waals surface area contributed by atoms with Gasteiger partial charge >= 0.3 is 17.6 Å². The molecule has 4 aromatic rings. The van der Waals surface area contributed by atoms with Crippen molar-refractivity contribution in [2.45, 2.75) is 19.8 Å². The Bertz CT molecular complexity index is 1260. The fourth-order valence-corrected chi connectivity index (χ4v) is 3.10. The highest BCUT2D eigenvalue weighted by Gasteiger charge is 2.11. The summed E-state index contributed by atoms with van der Waals surface area (Å²) < 4.78 is 16.4. The molecule has 9 nitrogen and oxygen atoms in total. The van der Waals surface area contributed by atoms with E-state index in [4.69, 9.17) is 14.2 Å². The Balaban J connectivity index is 1.28. The second-order valence-corrected chi connectivity index (χ2v) is 7.31. The lowest BCUT2D eigenvalue weighted by atomic mass is 10.1. The summed E-state index contributed by atoms with van der Waals surface area (Å²) in [6.45, 7) is 2.32. The molecule has 3 heterocycles. The summed E-state index contributed by atoms with van der Waals surface area (Å²) in [6, 6.07) is 14.0. The van der Waals surface area contributed by atoms with E-state index in [0.29, 0.717) is 42.7 Å². The molecule has 0 spiro atoms. The first-order valence-electron chi connectivity index (χ1n) is 10.4. The fourth-order valence-electron chi connectivity index (χ4n) is 3.10. The Hall–Kier alpha value is -4.27. The summed E-state index contributed by atoms with van der Waals surface area (Å²) in [5.41, 5.74) is 3.10. The van der Waals surface area contributed by atoms with Gasteiger partial charge < -0.3 is 14.2 Å². The maximum Gasteiger partial charge on any atom is 0.454 e. The van der Waals surface area contributed by atoms with E-state index in [1.165, 1.54) is 7.11 Å². The van der Waals surface area contributed by atoms with Gasteiger partial charge in [0.25, 0.3) is 0 Å². The summed E-state index contributed by atoms with van der Waals surface area (Å²) in [4.78, 5) is 30.5. The Morgan fingerprint density at radius 2 is 1.82 bits per heavy atom. The number of ether oxygens (including phenoxy) is 3. The zero-order chi connectivity index (χ0) is 23.0. The number of hydrogen-bond donors (Lipinski definition) is 1. The van der Waals surface area contributed by atoms with Gasteiger partial charge in [-0.25, -0.2) is 24.7 Å². The van der Waals surface area contributed by atoms with Crippen LogP contribution in [-0.4, -0.2) is 33.7 Å². The van der Waals surface area contributed by atoms with Gasteiger partial charge in [0.15, 0.2) is 0 Å². The van der Waals surface area contributed by atoms with Crippen molar-refractivity contribution < 1.29 is 19.2 Å². The topological polar surface area (TPSA) is 113 Å². The van der Waals surface area contributed by atoms with E-state index >= 15 is 0 Å². The van der Waals surface area contributed by atoms with Crippen molar-refractivity contribution in [1.82, 2.24) is 19.9 Å². The lowest BCUT2D eigenvalue weighted by molar-refractivity contribution is -0.400. The lowest BCUT2D eigenvalue weighted by Crippen LogP contribution is -2.24. The number of aromatic amines is 2. The van der Waals surface area contributed by atoms with Gasteiger partial charge in [0.2, 0.25) is 5.88 Å². The van der Waals surface area contributed by atoms with Crippen LogP contribution >= 0.6 is 0 Å². The second-order valence-electron chi connectivity index (χ2n) is 7.31. The quantitative estimate of drug-likeness (QED) is 0.420. The van der Waals surface area contributed by atoms with E-state index in [2.05, 4.69) is 24.9 Å². The standard InChI is InChI=1S/C24H23N5O4/c1-16-4-3-5-21(28-16)33-20-8-6-17(7-9-20)10-11-32-24-27-15-19(22(30)29-24)12-18-13-25-23(31-2)26-14-18/h3-9,13-15H,10-12H2,1-2H3,(H,27,29,30)/p+1. The lowest BCUT2D eigenvalue weighted by Gasteiger charge is -2.07. The van der Waals surface area contributed by atoms with Gasteiger partial charge in [0.05, 0.1) is 19.3 Å². The molecule has 0 saturated carbocycles. The van der Waals surface area contributed by atoms with Gasteiger partial charge in [0.1, 0.15) is 11.9 Å². The van der Waals surface area contributed by atoms with Crippen molar-refractivity contribution in [1.29, 1.82) is 0 Å². The van der Waals surface area contributed by atoms with Gasteiger partial charge in [-0.15, -0.1) is 0 Å². The average molecular weight is 446 g/mol. The zero-order valence-electron chi connectivity index (χ0n) is 18.4. The molecule has 0 aliphatic rings. The van der Waals surface area contributed by atoms with Crippen LogP contribution in [0.15, 0.2) is 65.8 Å². The summed E-state index contributed by atoms with van der Waals surface area (Å²) in [5.74, 6) is 1.28. The molecule has 9 heteroatoms. The molecule has 0 radical (unpaired) electrons. The SMILES string of the molecule is COc1ncc(Cc2c[nH+]c(OCCc3ccc(Oc4cccc(C)n4)cc3)[nH]c2=O)cn1. The number of nitrogens with zero attached hydrogens (tertiary/aromatic N) is 3. The number of rotatable bonds is 9. The first-order valence-corrected chi connectivity index (χ1v) is 10.4. The smallest absolute Gasteiger partial charge is 0.454 e. The molecule has 168 valence electrons. The number of hydrogen-bond acceptors (Lipinski definition) is 7. The van der Waals surface area contributed by atoms with E-state index in [1.807, 2.05) is 49.4 Å². The first kappa shape index (κ1) is 21.9. The Labute approximate surface area is 190 Å². The monoisotopic (exact) mass is 446 g/mol. The molecule has 0 fully saturated rings. The number of aryl methyl sites for hydroxylation is 1. The third-order valence-electron chi connectivity index (χ3n) is 4.80. The normalized spacial score (nSPS) is 10.6. The maximum atomic E-state index is 12.4. The van der Waals surface area contributed by atoms with E-state index in [1.54, 1.807) is 18.6 Å². The van der Waals surface area contributed by atoms with Crippen molar-refractivity contribution in [3.63, 3.8) is 0 Å². The van der Waals surface area contributed by atoms with Crippen molar-refractivity contribution >= 4 is 0 Å². The van der Waals surface area contributed by atoms with Crippen LogP contribution in [0.3, 0.4) is 0 Å². The molecule has 0 saturated heterocycles. The Morgan fingerprint density at radius 1 is 1.03 bits per heavy atom. The average Bonchev–Trinajstić information content (AvgIpc) is 2.82. The fraction of sp³-hybridized carbons (Fsp3) is 0.208. The largest absolute Gasteiger partial charge is 0.467 e. The molecular formula is C24H24N5O4+. The summed E-state index contributed by atoms with van der Waals surface area (Å²) in [7, 11) is 1.50. The molecule has 2 N–H and O–H groups in total. The highest BCUT2D eigenvalue weighted by molar-refractivity contribution is 5.31. The molecule has 33 heavy (non-hydrogen) atoms. The molecule has 0 aliphatic carbocycles. The number of pyridine rings is 1. The van der Waals surface area contributed by atoms with E-state index in [-0.39, 0.29) is 11.6 Å². The number of H-pyrrole nitrogens is 2. The molecule has 4 rings (SSSR count). The van der Waals surface area contributed by atoms with Crippen LogP contribution in [0.25, 0.3) is 0 Å². The van der Waals surface area contributed by atoms with Crippen LogP contribution in [0.5, 0.6) is 23.7 Å². The molecule has 0 unspecified atom stereocenters. The number of nitrogens with one attached hydrogen (secondary N) is 2. The molecule has 0 amide bonds. The van der Waals surface area contributed by atoms with Crippen LogP contribution < -0.4 is 24.8 Å². The van der Waals surface area contributed by atoms with Crippen LogP contribution in [0.4, 0.5) is 0 Å². The van der Waals surface area contributed by atoms with E-state index < -0.39 is 0 Å². The highest BCUT2D eigenvalue weighted by atomic mass is 16.5. The van der Waals surface area contributed by atoms with Crippen LogP contribution in [0.2, 0.25) is 0 Å². The predicted molar refractivity (Wildman–Crippen MR) is 120 cm³/mol. The third-order valence-corrected chi connectivity index (χ3v) is 4.80. The molecule has 0 bridgehead atoms. The summed E-state index contributed by atoms with van der Waals surface area (Å²) in [5, 5.41) is 0. The minimum absolute atomic E-state index is 0.231. The second kappa shape index (κ2) is 10.4. The van der Waals surface area contributed by atoms with Crippen LogP contribution in [0, 0.1) is 6.92 Å². The first-order chi connectivity index (χ1) is 16.1. The third kappa shape index (κ3) is 6.13. The van der Waals surface area contributed by atoms with E-state index in [0.717, 1.165) is 16.8 Å². The van der Waals surface area contributed by atoms with Gasteiger partial charge in [-0.05, 0) is 36.2 Å².